The highest BCUT2D eigenvalue weighted by Gasteiger charge is 2.22. The van der Waals surface area contributed by atoms with Gasteiger partial charge in [0, 0.05) is 25.0 Å². The van der Waals surface area contributed by atoms with Crippen LogP contribution < -0.4 is 10.6 Å². The Kier molecular flexibility index (Phi) is 6.26. The largest absolute Gasteiger partial charge is 0.481 e. The first-order valence-electron chi connectivity index (χ1n) is 7.25. The Morgan fingerprint density at radius 3 is 2.70 bits per heavy atom. The third-order valence-corrected chi connectivity index (χ3v) is 3.69. The maximum absolute atomic E-state index is 11.8. The molecule has 1 fully saturated rings. The zero-order chi connectivity index (χ0) is 15.2. The number of carboxylic acids is 1. The normalized spacial score (nSPS) is 20.4. The van der Waals surface area contributed by atoms with E-state index in [4.69, 9.17) is 5.11 Å². The third kappa shape index (κ3) is 6.75. The second-order valence-electron chi connectivity index (χ2n) is 6.38. The van der Waals surface area contributed by atoms with Crippen molar-refractivity contribution in [3.05, 3.63) is 0 Å². The standard InChI is InChI=1S/C14H27N3O3/c1-14(2,7-6-12(18)19)16-13(20)15-9-11-5-4-8-17(3)10-11/h11H,4-10H2,1-3H3,(H,18,19)(H2,15,16,20). The lowest BCUT2D eigenvalue weighted by Crippen LogP contribution is -2.50. The number of nitrogens with one attached hydrogen (secondary N) is 2. The second-order valence-corrected chi connectivity index (χ2v) is 6.38. The van der Waals surface area contributed by atoms with Crippen LogP contribution in [-0.4, -0.2) is 54.2 Å². The molecule has 1 unspecified atom stereocenters. The predicted octanol–water partition coefficient (Wildman–Crippen LogP) is 1.27. The lowest BCUT2D eigenvalue weighted by molar-refractivity contribution is -0.137. The van der Waals surface area contributed by atoms with Crippen LogP contribution in [0.15, 0.2) is 0 Å². The van der Waals surface area contributed by atoms with Crippen molar-refractivity contribution in [2.75, 3.05) is 26.7 Å². The number of carbonyl (C=O) groups is 2. The Bertz CT molecular complexity index is 345. The zero-order valence-electron chi connectivity index (χ0n) is 12.7. The van der Waals surface area contributed by atoms with Gasteiger partial charge in [-0.3, -0.25) is 4.79 Å². The van der Waals surface area contributed by atoms with Gasteiger partial charge in [-0.25, -0.2) is 4.79 Å². The first-order valence-corrected chi connectivity index (χ1v) is 7.25. The molecule has 1 saturated heterocycles. The van der Waals surface area contributed by atoms with E-state index in [2.05, 4.69) is 22.6 Å². The molecule has 1 atom stereocenters. The van der Waals surface area contributed by atoms with Crippen LogP contribution in [0.2, 0.25) is 0 Å². The highest BCUT2D eigenvalue weighted by molar-refractivity contribution is 5.74. The van der Waals surface area contributed by atoms with E-state index in [1.54, 1.807) is 0 Å². The lowest BCUT2D eigenvalue weighted by Gasteiger charge is -2.30. The molecule has 1 aliphatic heterocycles. The van der Waals surface area contributed by atoms with E-state index in [9.17, 15) is 9.59 Å². The highest BCUT2D eigenvalue weighted by atomic mass is 16.4. The summed E-state index contributed by atoms with van der Waals surface area (Å²) < 4.78 is 0. The quantitative estimate of drug-likeness (QED) is 0.686. The molecule has 0 aromatic rings. The first kappa shape index (κ1) is 16.8. The average Bonchev–Trinajstić information content (AvgIpc) is 2.34. The van der Waals surface area contributed by atoms with Crippen LogP contribution in [-0.2, 0) is 4.79 Å². The Labute approximate surface area is 120 Å². The molecule has 3 N–H and O–H groups in total. The van der Waals surface area contributed by atoms with Gasteiger partial charge in [0.1, 0.15) is 0 Å². The topological polar surface area (TPSA) is 81.7 Å². The van der Waals surface area contributed by atoms with Gasteiger partial charge in [0.05, 0.1) is 0 Å². The molecule has 6 nitrogen and oxygen atoms in total. The van der Waals surface area contributed by atoms with Crippen LogP contribution in [0.5, 0.6) is 0 Å². The van der Waals surface area contributed by atoms with Gasteiger partial charge in [-0.2, -0.15) is 0 Å². The Morgan fingerprint density at radius 1 is 1.40 bits per heavy atom. The van der Waals surface area contributed by atoms with Crippen molar-refractivity contribution in [2.45, 2.75) is 45.1 Å². The molecule has 1 heterocycles. The number of carbonyl (C=O) groups excluding carboxylic acids is 1. The number of carboxylic acid groups (broad SMARTS) is 1. The molecular formula is C14H27N3O3. The minimum absolute atomic E-state index is 0.0562. The predicted molar refractivity (Wildman–Crippen MR) is 77.7 cm³/mol. The zero-order valence-corrected chi connectivity index (χ0v) is 12.7. The Balaban J connectivity index is 2.26. The van der Waals surface area contributed by atoms with Crippen molar-refractivity contribution in [3.63, 3.8) is 0 Å². The van der Waals surface area contributed by atoms with Gasteiger partial charge in [0.2, 0.25) is 0 Å². The van der Waals surface area contributed by atoms with E-state index in [1.807, 2.05) is 13.8 Å². The summed E-state index contributed by atoms with van der Waals surface area (Å²) in [7, 11) is 2.10. The van der Waals surface area contributed by atoms with E-state index < -0.39 is 11.5 Å². The minimum atomic E-state index is -0.842. The van der Waals surface area contributed by atoms with Gasteiger partial charge in [0.25, 0.3) is 0 Å². The molecule has 0 aliphatic carbocycles. The van der Waals surface area contributed by atoms with Gasteiger partial charge >= 0.3 is 12.0 Å². The summed E-state index contributed by atoms with van der Waals surface area (Å²) in [6, 6.07) is -0.214. The fourth-order valence-electron chi connectivity index (χ4n) is 2.51. The van der Waals surface area contributed by atoms with Gasteiger partial charge < -0.3 is 20.6 Å². The summed E-state index contributed by atoms with van der Waals surface area (Å²) >= 11 is 0. The summed E-state index contributed by atoms with van der Waals surface area (Å²) in [5, 5.41) is 14.4. The smallest absolute Gasteiger partial charge is 0.315 e. The number of piperidine rings is 1. The number of nitrogens with zero attached hydrogens (tertiary/aromatic N) is 1. The molecule has 0 aromatic carbocycles. The van der Waals surface area contributed by atoms with E-state index in [-0.39, 0.29) is 12.5 Å². The minimum Gasteiger partial charge on any atom is -0.481 e. The van der Waals surface area contributed by atoms with Gasteiger partial charge in [-0.1, -0.05) is 0 Å². The number of amides is 2. The molecule has 0 aromatic heterocycles. The van der Waals surface area contributed by atoms with Crippen molar-refractivity contribution in [2.24, 2.45) is 5.92 Å². The number of urea groups is 1. The van der Waals surface area contributed by atoms with Crippen LogP contribution in [0.3, 0.4) is 0 Å². The molecule has 2 amide bonds. The van der Waals surface area contributed by atoms with Crippen LogP contribution in [0.25, 0.3) is 0 Å². The van der Waals surface area contributed by atoms with Crippen LogP contribution in [0.1, 0.15) is 39.5 Å². The van der Waals surface area contributed by atoms with Gasteiger partial charge in [-0.05, 0) is 52.6 Å². The highest BCUT2D eigenvalue weighted by Crippen LogP contribution is 2.14. The molecule has 116 valence electrons. The Hall–Kier alpha value is -1.30. The number of hydrogen-bond acceptors (Lipinski definition) is 3. The molecule has 20 heavy (non-hydrogen) atoms. The monoisotopic (exact) mass is 285 g/mol. The second kappa shape index (κ2) is 7.47. The van der Waals surface area contributed by atoms with Crippen LogP contribution in [0.4, 0.5) is 4.79 Å². The van der Waals surface area contributed by atoms with Crippen molar-refractivity contribution < 1.29 is 14.7 Å². The third-order valence-electron chi connectivity index (χ3n) is 3.69. The van der Waals surface area contributed by atoms with E-state index in [1.165, 1.54) is 6.42 Å². The lowest BCUT2D eigenvalue weighted by atomic mass is 9.98. The molecule has 0 bridgehead atoms. The SMILES string of the molecule is CN1CCCC(CNC(=O)NC(C)(C)CCC(=O)O)C1. The van der Waals surface area contributed by atoms with E-state index in [0.29, 0.717) is 18.9 Å². The van der Waals surface area contributed by atoms with E-state index >= 15 is 0 Å². The molecular weight excluding hydrogens is 258 g/mol. The van der Waals surface area contributed by atoms with Crippen molar-refractivity contribution in [3.8, 4) is 0 Å². The Morgan fingerprint density at radius 2 is 2.10 bits per heavy atom. The maximum atomic E-state index is 11.8. The van der Waals surface area contributed by atoms with Gasteiger partial charge in [0.15, 0.2) is 0 Å². The van der Waals surface area contributed by atoms with Gasteiger partial charge in [-0.15, -0.1) is 0 Å². The summed E-state index contributed by atoms with van der Waals surface area (Å²) in [5.74, 6) is -0.341. The molecule has 1 aliphatic rings. The average molecular weight is 285 g/mol. The summed E-state index contributed by atoms with van der Waals surface area (Å²) in [6.45, 7) is 6.49. The molecule has 6 heteroatoms. The number of rotatable bonds is 6. The fourth-order valence-corrected chi connectivity index (χ4v) is 2.51. The number of likely N-dealkylation sites (tertiary alicyclic amines) is 1. The van der Waals surface area contributed by atoms with Crippen LogP contribution in [0, 0.1) is 5.92 Å². The van der Waals surface area contributed by atoms with E-state index in [0.717, 1.165) is 19.5 Å². The molecule has 0 spiro atoms. The summed E-state index contributed by atoms with van der Waals surface area (Å²) in [5.41, 5.74) is -0.508. The van der Waals surface area contributed by atoms with Crippen molar-refractivity contribution in [1.82, 2.24) is 15.5 Å². The fraction of sp³-hybridized carbons (Fsp3) is 0.857. The van der Waals surface area contributed by atoms with Crippen molar-refractivity contribution >= 4 is 12.0 Å². The molecule has 0 radical (unpaired) electrons. The molecule has 1 rings (SSSR count). The maximum Gasteiger partial charge on any atom is 0.315 e. The van der Waals surface area contributed by atoms with Crippen molar-refractivity contribution in [1.29, 1.82) is 0 Å². The molecule has 0 saturated carbocycles. The van der Waals surface area contributed by atoms with Crippen LogP contribution >= 0.6 is 0 Å². The first-order chi connectivity index (χ1) is 9.28. The summed E-state index contributed by atoms with van der Waals surface area (Å²) in [6.07, 6.45) is 2.80. The summed E-state index contributed by atoms with van der Waals surface area (Å²) in [4.78, 5) is 24.7. The number of hydrogen-bond donors (Lipinski definition) is 3. The number of aliphatic carboxylic acids is 1.